The molecule has 26 heavy (non-hydrogen) atoms. The summed E-state index contributed by atoms with van der Waals surface area (Å²) >= 11 is 5.63. The Balaban J connectivity index is 1.84. The van der Waals surface area contributed by atoms with Crippen molar-refractivity contribution >= 4 is 40.0 Å². The van der Waals surface area contributed by atoms with Crippen LogP contribution >= 0.6 is 11.6 Å². The number of amides is 1. The summed E-state index contributed by atoms with van der Waals surface area (Å²) in [6.45, 7) is 0. The summed E-state index contributed by atoms with van der Waals surface area (Å²) < 4.78 is 39.2. The van der Waals surface area contributed by atoms with Gasteiger partial charge < -0.3 is 5.32 Å². The van der Waals surface area contributed by atoms with Crippen LogP contribution in [-0.4, -0.2) is 5.91 Å². The number of nitrogens with one attached hydrogen (secondary N) is 1. The van der Waals surface area contributed by atoms with Crippen molar-refractivity contribution in [1.29, 1.82) is 0 Å². The quantitative estimate of drug-likeness (QED) is 0.545. The highest BCUT2D eigenvalue weighted by Gasteiger charge is 2.34. The predicted octanol–water partition coefficient (Wildman–Crippen LogP) is 6.16. The molecule has 0 aliphatic rings. The van der Waals surface area contributed by atoms with Crippen molar-refractivity contribution in [3.8, 4) is 0 Å². The van der Waals surface area contributed by atoms with Crippen LogP contribution in [0.5, 0.6) is 0 Å². The van der Waals surface area contributed by atoms with Gasteiger partial charge in [0, 0.05) is 11.1 Å². The van der Waals surface area contributed by atoms with Gasteiger partial charge in [-0.2, -0.15) is 13.2 Å². The highest BCUT2D eigenvalue weighted by Crippen LogP contribution is 2.36. The Morgan fingerprint density at radius 1 is 1.00 bits per heavy atom. The number of fused-ring (bicyclic) bond motifs is 1. The van der Waals surface area contributed by atoms with Crippen LogP contribution in [0.2, 0.25) is 5.02 Å². The maximum Gasteiger partial charge on any atom is 0.418 e. The molecule has 0 aliphatic heterocycles. The van der Waals surface area contributed by atoms with Gasteiger partial charge in [-0.05, 0) is 40.6 Å². The maximum absolute atomic E-state index is 13.1. The molecule has 3 aromatic rings. The molecule has 0 bridgehead atoms. The molecule has 0 saturated carbocycles. The Morgan fingerprint density at radius 3 is 2.50 bits per heavy atom. The van der Waals surface area contributed by atoms with Crippen molar-refractivity contribution in [3.05, 3.63) is 82.9 Å². The molecule has 0 radical (unpaired) electrons. The summed E-state index contributed by atoms with van der Waals surface area (Å²) in [5, 5.41) is 4.16. The van der Waals surface area contributed by atoms with Gasteiger partial charge >= 0.3 is 6.18 Å². The van der Waals surface area contributed by atoms with Crippen molar-refractivity contribution < 1.29 is 18.0 Å². The van der Waals surface area contributed by atoms with E-state index >= 15 is 0 Å². The standard InChI is InChI=1S/C20H13ClF3NO/c21-15-9-10-18(17(12-15)20(22,23)24)25-19(26)11-8-14-6-3-5-13-4-1-2-7-16(13)14/h1-12H,(H,25,26). The van der Waals surface area contributed by atoms with Gasteiger partial charge in [-0.1, -0.05) is 54.1 Å². The fourth-order valence-corrected chi connectivity index (χ4v) is 2.77. The first kappa shape index (κ1) is 18.0. The number of halogens is 4. The lowest BCUT2D eigenvalue weighted by Gasteiger charge is -2.13. The molecular weight excluding hydrogens is 363 g/mol. The van der Waals surface area contributed by atoms with Crippen molar-refractivity contribution in [2.75, 3.05) is 5.32 Å². The highest BCUT2D eigenvalue weighted by molar-refractivity contribution is 6.30. The van der Waals surface area contributed by atoms with Gasteiger partial charge in [-0.25, -0.2) is 0 Å². The summed E-state index contributed by atoms with van der Waals surface area (Å²) in [7, 11) is 0. The minimum Gasteiger partial charge on any atom is -0.322 e. The first-order valence-corrected chi connectivity index (χ1v) is 8.06. The van der Waals surface area contributed by atoms with Crippen LogP contribution in [0.4, 0.5) is 18.9 Å². The van der Waals surface area contributed by atoms with Crippen molar-refractivity contribution in [1.82, 2.24) is 0 Å². The number of hydrogen-bond acceptors (Lipinski definition) is 1. The fraction of sp³-hybridized carbons (Fsp3) is 0.0500. The van der Waals surface area contributed by atoms with Gasteiger partial charge in [0.15, 0.2) is 0 Å². The van der Waals surface area contributed by atoms with Crippen molar-refractivity contribution in [2.24, 2.45) is 0 Å². The molecular formula is C20H13ClF3NO. The first-order chi connectivity index (χ1) is 12.3. The second-order valence-electron chi connectivity index (χ2n) is 5.58. The van der Waals surface area contributed by atoms with Crippen LogP contribution in [0.3, 0.4) is 0 Å². The second-order valence-corrected chi connectivity index (χ2v) is 6.02. The molecule has 3 aromatic carbocycles. The molecule has 0 fully saturated rings. The molecule has 132 valence electrons. The topological polar surface area (TPSA) is 29.1 Å². The van der Waals surface area contributed by atoms with Crippen molar-refractivity contribution in [3.63, 3.8) is 0 Å². The molecule has 0 saturated heterocycles. The molecule has 1 N–H and O–H groups in total. The van der Waals surface area contributed by atoms with E-state index in [1.807, 2.05) is 42.5 Å². The number of anilines is 1. The summed E-state index contributed by atoms with van der Waals surface area (Å²) in [5.74, 6) is -0.661. The lowest BCUT2D eigenvalue weighted by Crippen LogP contribution is -2.14. The fourth-order valence-electron chi connectivity index (χ4n) is 2.60. The zero-order chi connectivity index (χ0) is 18.7. The maximum atomic E-state index is 13.1. The number of carbonyl (C=O) groups is 1. The van der Waals surface area contributed by atoms with Gasteiger partial charge in [0.25, 0.3) is 0 Å². The Bertz CT molecular complexity index is 991. The molecule has 3 rings (SSSR count). The van der Waals surface area contributed by atoms with Gasteiger partial charge in [-0.3, -0.25) is 4.79 Å². The molecule has 2 nitrogen and oxygen atoms in total. The SMILES string of the molecule is O=C(C=Cc1cccc2ccccc12)Nc1ccc(Cl)cc1C(F)(F)F. The summed E-state index contributed by atoms with van der Waals surface area (Å²) in [6.07, 6.45) is -1.84. The average Bonchev–Trinajstić information content (AvgIpc) is 2.60. The molecule has 0 atom stereocenters. The third-order valence-corrected chi connectivity index (χ3v) is 4.02. The summed E-state index contributed by atoms with van der Waals surface area (Å²) in [4.78, 5) is 12.1. The Hall–Kier alpha value is -2.79. The number of carbonyl (C=O) groups excluding carboxylic acids is 1. The van der Waals surface area contributed by atoms with Crippen LogP contribution in [0, 0.1) is 0 Å². The normalized spacial score (nSPS) is 11.8. The molecule has 0 unspecified atom stereocenters. The number of benzene rings is 3. The lowest BCUT2D eigenvalue weighted by molar-refractivity contribution is -0.136. The third-order valence-electron chi connectivity index (χ3n) is 3.78. The van der Waals surface area contributed by atoms with E-state index in [0.717, 1.165) is 28.5 Å². The van der Waals surface area contributed by atoms with E-state index in [2.05, 4.69) is 5.32 Å². The summed E-state index contributed by atoms with van der Waals surface area (Å²) in [5.41, 5.74) is -0.531. The molecule has 0 aromatic heterocycles. The third kappa shape index (κ3) is 4.06. The minimum absolute atomic E-state index is 0.0541. The molecule has 0 heterocycles. The van der Waals surface area contributed by atoms with Crippen LogP contribution in [-0.2, 0) is 11.0 Å². The van der Waals surface area contributed by atoms with Gasteiger partial charge in [0.2, 0.25) is 5.91 Å². The Morgan fingerprint density at radius 2 is 1.73 bits per heavy atom. The Labute approximate surface area is 152 Å². The van der Waals surface area contributed by atoms with E-state index in [1.54, 1.807) is 6.08 Å². The molecule has 6 heteroatoms. The van der Waals surface area contributed by atoms with Gasteiger partial charge in [0.05, 0.1) is 11.3 Å². The average molecular weight is 376 g/mol. The monoisotopic (exact) mass is 375 g/mol. The van der Waals surface area contributed by atoms with Gasteiger partial charge in [-0.15, -0.1) is 0 Å². The van der Waals surface area contributed by atoms with E-state index < -0.39 is 17.6 Å². The zero-order valence-corrected chi connectivity index (χ0v) is 14.1. The van der Waals surface area contributed by atoms with E-state index in [1.165, 1.54) is 12.1 Å². The largest absolute Gasteiger partial charge is 0.418 e. The minimum atomic E-state index is -4.62. The highest BCUT2D eigenvalue weighted by atomic mass is 35.5. The van der Waals surface area contributed by atoms with Crippen LogP contribution in [0.1, 0.15) is 11.1 Å². The van der Waals surface area contributed by atoms with Crippen LogP contribution in [0.25, 0.3) is 16.8 Å². The lowest BCUT2D eigenvalue weighted by atomic mass is 10.0. The van der Waals surface area contributed by atoms with Crippen LogP contribution < -0.4 is 5.32 Å². The second kappa shape index (κ2) is 7.22. The first-order valence-electron chi connectivity index (χ1n) is 7.68. The van der Waals surface area contributed by atoms with Crippen molar-refractivity contribution in [2.45, 2.75) is 6.18 Å². The number of alkyl halides is 3. The van der Waals surface area contributed by atoms with E-state index in [0.29, 0.717) is 0 Å². The van der Waals surface area contributed by atoms with E-state index in [9.17, 15) is 18.0 Å². The van der Waals surface area contributed by atoms with E-state index in [-0.39, 0.29) is 10.7 Å². The summed E-state index contributed by atoms with van der Waals surface area (Å²) in [6, 6.07) is 16.5. The Kier molecular flexibility index (Phi) is 5.00. The van der Waals surface area contributed by atoms with Crippen LogP contribution in [0.15, 0.2) is 66.7 Å². The number of rotatable bonds is 3. The molecule has 0 aliphatic carbocycles. The van der Waals surface area contributed by atoms with Gasteiger partial charge in [0.1, 0.15) is 0 Å². The molecule has 1 amide bonds. The van der Waals surface area contributed by atoms with E-state index in [4.69, 9.17) is 11.6 Å². The number of hydrogen-bond donors (Lipinski definition) is 1. The molecule has 0 spiro atoms. The smallest absolute Gasteiger partial charge is 0.322 e. The zero-order valence-electron chi connectivity index (χ0n) is 13.3. The predicted molar refractivity (Wildman–Crippen MR) is 98.1 cm³/mol.